The molecule has 1 unspecified atom stereocenters. The van der Waals surface area contributed by atoms with E-state index in [4.69, 9.17) is 4.74 Å². The normalized spacial score (nSPS) is 13.0. The van der Waals surface area contributed by atoms with Crippen molar-refractivity contribution in [1.29, 1.82) is 0 Å². The van der Waals surface area contributed by atoms with Gasteiger partial charge in [0.2, 0.25) is 5.91 Å². The number of likely N-dealkylation sites (N-methyl/N-ethyl adjacent to an activating group) is 1. The zero-order valence-electron chi connectivity index (χ0n) is 14.0. The van der Waals surface area contributed by atoms with E-state index in [0.717, 1.165) is 5.56 Å². The van der Waals surface area contributed by atoms with Crippen molar-refractivity contribution >= 4 is 5.91 Å². The van der Waals surface area contributed by atoms with Crippen LogP contribution in [0, 0.1) is 0 Å². The molecule has 0 aromatic heterocycles. The van der Waals surface area contributed by atoms with Crippen molar-refractivity contribution in [2.45, 2.75) is 18.6 Å². The van der Waals surface area contributed by atoms with E-state index in [1.54, 1.807) is 7.11 Å². The number of halogens is 3. The van der Waals surface area contributed by atoms with E-state index >= 15 is 0 Å². The molecule has 1 atom stereocenters. The van der Waals surface area contributed by atoms with Crippen LogP contribution >= 0.6 is 0 Å². The number of nitrogens with one attached hydrogen (secondary N) is 1. The van der Waals surface area contributed by atoms with Crippen LogP contribution in [0.5, 0.6) is 5.75 Å². The molecule has 1 amide bonds. The van der Waals surface area contributed by atoms with Crippen LogP contribution in [-0.2, 0) is 9.53 Å². The number of amides is 1. The molecule has 0 spiro atoms. The van der Waals surface area contributed by atoms with Gasteiger partial charge in [0.1, 0.15) is 12.4 Å². The molecular formula is C16H23F3N2O3. The van der Waals surface area contributed by atoms with Crippen molar-refractivity contribution in [2.24, 2.45) is 0 Å². The maximum Gasteiger partial charge on any atom is 0.411 e. The Kier molecular flexibility index (Phi) is 8.00. The van der Waals surface area contributed by atoms with E-state index in [2.05, 4.69) is 10.1 Å². The summed E-state index contributed by atoms with van der Waals surface area (Å²) in [6, 6.07) is 7.40. The molecule has 1 aromatic carbocycles. The van der Waals surface area contributed by atoms with Gasteiger partial charge in [-0.1, -0.05) is 12.1 Å². The Morgan fingerprint density at radius 2 is 2.04 bits per heavy atom. The Labute approximate surface area is 139 Å². The second-order valence-corrected chi connectivity index (χ2v) is 5.48. The molecule has 5 nitrogen and oxygen atoms in total. The monoisotopic (exact) mass is 348 g/mol. The maximum absolute atomic E-state index is 11.9. The summed E-state index contributed by atoms with van der Waals surface area (Å²) in [5, 5.41) is 2.72. The molecule has 1 aromatic rings. The average Bonchev–Trinajstić information content (AvgIpc) is 2.51. The smallest absolute Gasteiger partial charge is 0.411 e. The van der Waals surface area contributed by atoms with Gasteiger partial charge in [-0.05, 0) is 31.8 Å². The highest BCUT2D eigenvalue weighted by Crippen LogP contribution is 2.22. The van der Waals surface area contributed by atoms with Crippen LogP contribution in [0.2, 0.25) is 0 Å². The number of methoxy groups -OCH3 is 1. The molecule has 24 heavy (non-hydrogen) atoms. The van der Waals surface area contributed by atoms with E-state index < -0.39 is 12.8 Å². The highest BCUT2D eigenvalue weighted by molar-refractivity contribution is 5.76. The quantitative estimate of drug-likeness (QED) is 0.696. The Morgan fingerprint density at radius 1 is 1.33 bits per heavy atom. The van der Waals surface area contributed by atoms with Gasteiger partial charge < -0.3 is 19.7 Å². The summed E-state index contributed by atoms with van der Waals surface area (Å²) >= 11 is 0. The minimum Gasteiger partial charge on any atom is -0.497 e. The third kappa shape index (κ3) is 7.65. The molecule has 0 saturated heterocycles. The number of hydrogen-bond donors (Lipinski definition) is 1. The largest absolute Gasteiger partial charge is 0.497 e. The van der Waals surface area contributed by atoms with Crippen molar-refractivity contribution in [2.75, 3.05) is 41.0 Å². The van der Waals surface area contributed by atoms with Crippen molar-refractivity contribution < 1.29 is 27.4 Å². The fourth-order valence-electron chi connectivity index (χ4n) is 2.10. The molecule has 136 valence electrons. The molecule has 8 heteroatoms. The number of alkyl halides is 3. The number of rotatable bonds is 9. The van der Waals surface area contributed by atoms with Crippen LogP contribution in [0.3, 0.4) is 0 Å². The Balaban J connectivity index is 2.47. The number of ether oxygens (including phenoxy) is 2. The highest BCUT2D eigenvalue weighted by Gasteiger charge is 2.27. The van der Waals surface area contributed by atoms with E-state index in [0.29, 0.717) is 12.3 Å². The van der Waals surface area contributed by atoms with Gasteiger partial charge in [0.05, 0.1) is 19.8 Å². The third-order valence-electron chi connectivity index (χ3n) is 3.33. The predicted octanol–water partition coefficient (Wildman–Crippen LogP) is 2.38. The van der Waals surface area contributed by atoms with Crippen LogP contribution in [-0.4, -0.2) is 57.9 Å². The van der Waals surface area contributed by atoms with Gasteiger partial charge in [0, 0.05) is 13.0 Å². The molecule has 1 rings (SSSR count). The Hall–Kier alpha value is -1.80. The number of hydrogen-bond acceptors (Lipinski definition) is 4. The predicted molar refractivity (Wildman–Crippen MR) is 83.9 cm³/mol. The molecular weight excluding hydrogens is 325 g/mol. The first-order valence-electron chi connectivity index (χ1n) is 7.44. The van der Waals surface area contributed by atoms with Gasteiger partial charge in [-0.25, -0.2) is 0 Å². The highest BCUT2D eigenvalue weighted by atomic mass is 19.4. The lowest BCUT2D eigenvalue weighted by molar-refractivity contribution is -0.174. The van der Waals surface area contributed by atoms with E-state index in [1.165, 1.54) is 0 Å². The maximum atomic E-state index is 11.9. The molecule has 0 aliphatic heterocycles. The fourth-order valence-corrected chi connectivity index (χ4v) is 2.10. The van der Waals surface area contributed by atoms with Crippen LogP contribution in [0.15, 0.2) is 24.3 Å². The molecule has 0 bridgehead atoms. The molecule has 1 N–H and O–H groups in total. The molecule has 0 saturated carbocycles. The molecule has 0 aliphatic rings. The van der Waals surface area contributed by atoms with E-state index in [9.17, 15) is 18.0 Å². The SMILES string of the molecule is COc1cccc(C(CNC(=O)CCOCC(F)(F)F)N(C)C)c1. The molecule has 0 radical (unpaired) electrons. The fraction of sp³-hybridized carbons (Fsp3) is 0.562. The first-order chi connectivity index (χ1) is 11.2. The van der Waals surface area contributed by atoms with Crippen molar-refractivity contribution in [3.63, 3.8) is 0 Å². The molecule has 0 heterocycles. The summed E-state index contributed by atoms with van der Waals surface area (Å²) in [6.07, 6.45) is -4.49. The minimum absolute atomic E-state index is 0.0832. The zero-order chi connectivity index (χ0) is 18.2. The lowest BCUT2D eigenvalue weighted by Crippen LogP contribution is -2.35. The lowest BCUT2D eigenvalue weighted by atomic mass is 10.1. The average molecular weight is 348 g/mol. The first kappa shape index (κ1) is 20.2. The minimum atomic E-state index is -4.38. The number of benzene rings is 1. The van der Waals surface area contributed by atoms with Crippen LogP contribution in [0.4, 0.5) is 13.2 Å². The topological polar surface area (TPSA) is 50.8 Å². The number of carbonyl (C=O) groups excluding carboxylic acids is 1. The van der Waals surface area contributed by atoms with Gasteiger partial charge in [0.15, 0.2) is 0 Å². The van der Waals surface area contributed by atoms with Crippen LogP contribution in [0.1, 0.15) is 18.0 Å². The summed E-state index contributed by atoms with van der Waals surface area (Å²) in [5.74, 6) is 0.359. The van der Waals surface area contributed by atoms with Gasteiger partial charge >= 0.3 is 6.18 Å². The van der Waals surface area contributed by atoms with Crippen molar-refractivity contribution in [3.8, 4) is 5.75 Å². The number of carbonyl (C=O) groups is 1. The summed E-state index contributed by atoms with van der Waals surface area (Å²) in [4.78, 5) is 13.7. The van der Waals surface area contributed by atoms with Crippen molar-refractivity contribution in [3.05, 3.63) is 29.8 Å². The van der Waals surface area contributed by atoms with Crippen molar-refractivity contribution in [1.82, 2.24) is 10.2 Å². The third-order valence-corrected chi connectivity index (χ3v) is 3.33. The van der Waals surface area contributed by atoms with Gasteiger partial charge in [-0.2, -0.15) is 13.2 Å². The summed E-state index contributed by atoms with van der Waals surface area (Å²) in [5.41, 5.74) is 0.966. The van der Waals surface area contributed by atoms with Gasteiger partial charge in [-0.15, -0.1) is 0 Å². The Morgan fingerprint density at radius 3 is 2.62 bits per heavy atom. The van der Waals surface area contributed by atoms with Crippen LogP contribution in [0.25, 0.3) is 0 Å². The van der Waals surface area contributed by atoms with E-state index in [-0.39, 0.29) is 25.0 Å². The standard InChI is InChI=1S/C16H23F3N2O3/c1-21(2)14(12-5-4-6-13(9-12)23-3)10-20-15(22)7-8-24-11-16(17,18)19/h4-6,9,14H,7-8,10-11H2,1-3H3,(H,20,22). The Bertz CT molecular complexity index is 522. The summed E-state index contributed by atoms with van der Waals surface area (Å²) in [7, 11) is 5.33. The second-order valence-electron chi connectivity index (χ2n) is 5.48. The summed E-state index contributed by atoms with van der Waals surface area (Å²) in [6.45, 7) is -1.28. The van der Waals surface area contributed by atoms with Gasteiger partial charge in [0.25, 0.3) is 0 Å². The first-order valence-corrected chi connectivity index (χ1v) is 7.44. The lowest BCUT2D eigenvalue weighted by Gasteiger charge is -2.25. The van der Waals surface area contributed by atoms with E-state index in [1.807, 2.05) is 43.3 Å². The van der Waals surface area contributed by atoms with Crippen LogP contribution < -0.4 is 10.1 Å². The van der Waals surface area contributed by atoms with Gasteiger partial charge in [-0.3, -0.25) is 4.79 Å². The number of nitrogens with zero attached hydrogens (tertiary/aromatic N) is 1. The zero-order valence-corrected chi connectivity index (χ0v) is 14.0. The summed E-state index contributed by atoms with van der Waals surface area (Å²) < 4.78 is 45.4. The molecule has 0 fully saturated rings. The second kappa shape index (κ2) is 9.48. The molecule has 0 aliphatic carbocycles.